The minimum absolute atomic E-state index is 0.0586. The van der Waals surface area contributed by atoms with Crippen LogP contribution in [0.5, 0.6) is 0 Å². The molecule has 1 aromatic carbocycles. The Morgan fingerprint density at radius 2 is 1.81 bits per heavy atom. The fourth-order valence-electron chi connectivity index (χ4n) is 7.80. The molecule has 3 N–H and O–H groups in total. The molecule has 3 heterocycles. The first-order valence-electron chi connectivity index (χ1n) is 15.7. The Balaban J connectivity index is 1.23. The van der Waals surface area contributed by atoms with Gasteiger partial charge in [0.2, 0.25) is 0 Å². The minimum atomic E-state index is -3.46. The highest BCUT2D eigenvalue weighted by atomic mass is 32.2. The highest BCUT2D eigenvalue weighted by Crippen LogP contribution is 2.45. The van der Waals surface area contributed by atoms with Crippen molar-refractivity contribution in [1.29, 1.82) is 0 Å². The van der Waals surface area contributed by atoms with Crippen LogP contribution in [0.3, 0.4) is 0 Å². The number of primary amides is 1. The van der Waals surface area contributed by atoms with E-state index in [1.807, 2.05) is 18.4 Å². The average Bonchev–Trinajstić information content (AvgIpc) is 3.49. The normalized spacial score (nSPS) is 25.1. The Kier molecular flexibility index (Phi) is 8.17. The highest BCUT2D eigenvalue weighted by molar-refractivity contribution is 7.91. The van der Waals surface area contributed by atoms with Crippen molar-refractivity contribution >= 4 is 21.4 Å². The Labute approximate surface area is 249 Å². The van der Waals surface area contributed by atoms with E-state index in [4.69, 9.17) is 10.5 Å². The van der Waals surface area contributed by atoms with Gasteiger partial charge in [0, 0.05) is 24.0 Å². The number of hydrogen-bond donors (Lipinski definition) is 2. The number of nitrogens with two attached hydrogens (primary N) is 1. The zero-order valence-electron chi connectivity index (χ0n) is 25.0. The van der Waals surface area contributed by atoms with Crippen LogP contribution in [-0.4, -0.2) is 67.9 Å². The molecular weight excluding hydrogens is 555 g/mol. The third kappa shape index (κ3) is 5.86. The lowest BCUT2D eigenvalue weighted by atomic mass is 9.89. The van der Waals surface area contributed by atoms with Gasteiger partial charge in [0.25, 0.3) is 5.91 Å². The van der Waals surface area contributed by atoms with Gasteiger partial charge >= 0.3 is 0 Å². The lowest BCUT2D eigenvalue weighted by Gasteiger charge is -2.32. The average molecular weight is 601 g/mol. The van der Waals surface area contributed by atoms with Crippen LogP contribution in [0.4, 0.5) is 10.1 Å². The van der Waals surface area contributed by atoms with Crippen molar-refractivity contribution in [2.45, 2.75) is 102 Å². The highest BCUT2D eigenvalue weighted by Gasteiger charge is 2.42. The van der Waals surface area contributed by atoms with Gasteiger partial charge in [-0.2, -0.15) is 0 Å². The molecule has 4 aliphatic rings. The molecule has 1 saturated carbocycles. The van der Waals surface area contributed by atoms with E-state index in [0.29, 0.717) is 29.1 Å². The van der Waals surface area contributed by atoms with Gasteiger partial charge in [0.05, 0.1) is 40.3 Å². The Morgan fingerprint density at radius 3 is 2.52 bits per heavy atom. The summed E-state index contributed by atoms with van der Waals surface area (Å²) < 4.78 is 50.7. The monoisotopic (exact) mass is 600 g/mol. The standard InChI is InChI=1S/C32H45FN4O4S/c1-32(2)19-28-30(42(39,40)20-32)24-7-6-8-27(24)37(28)22-17-25(33)29(31(34)38)26(18-22)35-21-9-11-23(12-10-21)41-16-15-36-13-4-3-5-14-36/h17-18,21,23,35H,3-16,19-20H2,1-2H3,(H2,34,38). The Hall–Kier alpha value is -2.43. The van der Waals surface area contributed by atoms with Crippen LogP contribution in [-0.2, 0) is 33.8 Å². The molecule has 10 heteroatoms. The van der Waals surface area contributed by atoms with Crippen molar-refractivity contribution in [2.24, 2.45) is 11.1 Å². The fraction of sp³-hybridized carbons (Fsp3) is 0.656. The van der Waals surface area contributed by atoms with Gasteiger partial charge in [0.15, 0.2) is 9.84 Å². The summed E-state index contributed by atoms with van der Waals surface area (Å²) in [5, 5.41) is 3.45. The second-order valence-electron chi connectivity index (χ2n) is 13.6. The van der Waals surface area contributed by atoms with Crippen molar-refractivity contribution < 1.29 is 22.3 Å². The Morgan fingerprint density at radius 1 is 1.07 bits per heavy atom. The van der Waals surface area contributed by atoms with Gasteiger partial charge in [-0.25, -0.2) is 12.8 Å². The number of ether oxygens (including phenoxy) is 1. The number of carbonyl (C=O) groups is 1. The molecule has 1 aromatic heterocycles. The van der Waals surface area contributed by atoms with E-state index >= 15 is 4.39 Å². The number of likely N-dealkylation sites (tertiary alicyclic amines) is 1. The summed E-state index contributed by atoms with van der Waals surface area (Å²) >= 11 is 0. The number of rotatable bonds is 8. The van der Waals surface area contributed by atoms with Crippen molar-refractivity contribution in [1.82, 2.24) is 9.47 Å². The molecule has 2 aliphatic heterocycles. The summed E-state index contributed by atoms with van der Waals surface area (Å²) in [6.45, 7) is 8.00. The predicted octanol–water partition coefficient (Wildman–Crippen LogP) is 4.79. The number of hydrogen-bond acceptors (Lipinski definition) is 6. The lowest BCUT2D eigenvalue weighted by Crippen LogP contribution is -2.35. The number of aromatic nitrogens is 1. The van der Waals surface area contributed by atoms with E-state index in [9.17, 15) is 13.2 Å². The van der Waals surface area contributed by atoms with Crippen LogP contribution in [0.2, 0.25) is 0 Å². The first-order chi connectivity index (χ1) is 20.0. The first-order valence-corrected chi connectivity index (χ1v) is 17.4. The van der Waals surface area contributed by atoms with Crippen LogP contribution in [0.15, 0.2) is 17.0 Å². The summed E-state index contributed by atoms with van der Waals surface area (Å²) in [7, 11) is -3.46. The number of piperidine rings is 1. The Bertz CT molecular complexity index is 1450. The first kappa shape index (κ1) is 29.6. The maximum absolute atomic E-state index is 15.7. The van der Waals surface area contributed by atoms with Gasteiger partial charge in [-0.3, -0.25) is 4.79 Å². The molecule has 6 rings (SSSR count). The van der Waals surface area contributed by atoms with Crippen molar-refractivity contribution in [3.05, 3.63) is 40.5 Å². The van der Waals surface area contributed by atoms with Crippen molar-refractivity contribution in [2.75, 3.05) is 37.3 Å². The number of amides is 1. The maximum atomic E-state index is 15.7. The number of fused-ring (bicyclic) bond motifs is 3. The number of nitrogens with one attached hydrogen (secondary N) is 1. The minimum Gasteiger partial charge on any atom is -0.382 e. The summed E-state index contributed by atoms with van der Waals surface area (Å²) in [4.78, 5) is 15.3. The van der Waals surface area contributed by atoms with Gasteiger partial charge in [-0.05, 0) is 100 Å². The quantitative estimate of drug-likeness (QED) is 0.452. The number of benzene rings is 1. The number of nitrogens with zero attached hydrogens (tertiary/aromatic N) is 2. The van der Waals surface area contributed by atoms with Gasteiger partial charge in [0.1, 0.15) is 5.82 Å². The lowest BCUT2D eigenvalue weighted by molar-refractivity contribution is 0.0123. The van der Waals surface area contributed by atoms with Crippen LogP contribution in [0.1, 0.15) is 92.5 Å². The van der Waals surface area contributed by atoms with Crippen LogP contribution < -0.4 is 11.1 Å². The molecule has 1 saturated heterocycles. The van der Waals surface area contributed by atoms with E-state index in [0.717, 1.165) is 68.6 Å². The van der Waals surface area contributed by atoms with Gasteiger partial charge in [-0.1, -0.05) is 20.3 Å². The van der Waals surface area contributed by atoms with E-state index in [1.165, 1.54) is 38.4 Å². The van der Waals surface area contributed by atoms with Gasteiger partial charge < -0.3 is 25.3 Å². The van der Waals surface area contributed by atoms with E-state index in [-0.39, 0.29) is 23.5 Å². The molecule has 1 amide bonds. The predicted molar refractivity (Wildman–Crippen MR) is 162 cm³/mol. The largest absolute Gasteiger partial charge is 0.382 e. The smallest absolute Gasteiger partial charge is 0.253 e. The second kappa shape index (κ2) is 11.6. The van der Waals surface area contributed by atoms with E-state index in [2.05, 4.69) is 10.2 Å². The second-order valence-corrected chi connectivity index (χ2v) is 15.5. The molecule has 0 bridgehead atoms. The van der Waals surface area contributed by atoms with Crippen LogP contribution in [0, 0.1) is 11.2 Å². The molecule has 2 fully saturated rings. The van der Waals surface area contributed by atoms with Crippen LogP contribution >= 0.6 is 0 Å². The summed E-state index contributed by atoms with van der Waals surface area (Å²) in [6.07, 6.45) is 10.5. The van der Waals surface area contributed by atoms with E-state index < -0.39 is 27.0 Å². The SMILES string of the molecule is CC1(C)Cc2c(c3c(n2-c2cc(F)c(C(N)=O)c(NC4CCC(OCCN5CCCCC5)CC4)c2)CCC3)S(=O)(=O)C1. The topological polar surface area (TPSA) is 107 Å². The molecule has 0 spiro atoms. The summed E-state index contributed by atoms with van der Waals surface area (Å²) in [5.41, 5.74) is 8.57. The molecule has 0 unspecified atom stereocenters. The molecule has 42 heavy (non-hydrogen) atoms. The number of anilines is 1. The van der Waals surface area contributed by atoms with Gasteiger partial charge in [-0.15, -0.1) is 0 Å². The summed E-state index contributed by atoms with van der Waals surface area (Å²) in [6, 6.07) is 3.19. The summed E-state index contributed by atoms with van der Waals surface area (Å²) in [5.74, 6) is -1.40. The molecule has 2 aliphatic carbocycles. The van der Waals surface area contributed by atoms with Crippen LogP contribution in [0.25, 0.3) is 5.69 Å². The number of carbonyl (C=O) groups excluding carboxylic acids is 1. The third-order valence-electron chi connectivity index (χ3n) is 9.63. The number of sulfone groups is 1. The zero-order valence-corrected chi connectivity index (χ0v) is 25.8. The van der Waals surface area contributed by atoms with Crippen molar-refractivity contribution in [3.63, 3.8) is 0 Å². The molecule has 0 atom stereocenters. The zero-order chi connectivity index (χ0) is 29.6. The third-order valence-corrected chi connectivity index (χ3v) is 11.9. The van der Waals surface area contributed by atoms with E-state index in [1.54, 1.807) is 6.07 Å². The van der Waals surface area contributed by atoms with Crippen molar-refractivity contribution in [3.8, 4) is 5.69 Å². The maximum Gasteiger partial charge on any atom is 0.253 e. The molecule has 0 radical (unpaired) electrons. The number of halogens is 1. The molecule has 230 valence electrons. The molecule has 8 nitrogen and oxygen atoms in total. The molecular formula is C32H45FN4O4S. The molecule has 2 aromatic rings. The fourth-order valence-corrected chi connectivity index (χ4v) is 10.2.